The van der Waals surface area contributed by atoms with Crippen molar-refractivity contribution >= 4 is 28.8 Å². The topological polar surface area (TPSA) is 60.2 Å². The van der Waals surface area contributed by atoms with E-state index in [0.29, 0.717) is 23.1 Å². The van der Waals surface area contributed by atoms with Gasteiger partial charge in [-0.05, 0) is 25.1 Å². The summed E-state index contributed by atoms with van der Waals surface area (Å²) in [6.45, 7) is 2.53. The van der Waals surface area contributed by atoms with E-state index >= 15 is 0 Å². The molecule has 0 aliphatic heterocycles. The molecule has 0 unspecified atom stereocenters. The number of aromatic nitrogens is 1. The zero-order valence-corrected chi connectivity index (χ0v) is 10.7. The molecule has 0 bridgehead atoms. The zero-order chi connectivity index (χ0) is 13.0. The highest BCUT2D eigenvalue weighted by atomic mass is 35.5. The molecular weight excluding hydrogens is 250 g/mol. The Hall–Kier alpha value is -1.94. The van der Waals surface area contributed by atoms with E-state index < -0.39 is 0 Å². The number of para-hydroxylation sites is 2. The number of hydrogen-bond donors (Lipinski definition) is 2. The molecule has 0 atom stereocenters. The molecule has 5 heteroatoms. The first kappa shape index (κ1) is 12.5. The van der Waals surface area contributed by atoms with Crippen molar-refractivity contribution < 1.29 is 4.74 Å². The highest BCUT2D eigenvalue weighted by molar-refractivity contribution is 6.33. The molecule has 0 aliphatic rings. The van der Waals surface area contributed by atoms with Crippen molar-refractivity contribution in [3.05, 3.63) is 41.6 Å². The summed E-state index contributed by atoms with van der Waals surface area (Å²) in [4.78, 5) is 4.15. The van der Waals surface area contributed by atoms with Crippen LogP contribution in [0.4, 0.5) is 17.2 Å². The van der Waals surface area contributed by atoms with Crippen LogP contribution in [0.1, 0.15) is 6.92 Å². The van der Waals surface area contributed by atoms with Crippen LogP contribution in [0.2, 0.25) is 5.02 Å². The summed E-state index contributed by atoms with van der Waals surface area (Å²) in [6.07, 6.45) is 1.55. The van der Waals surface area contributed by atoms with Gasteiger partial charge in [-0.3, -0.25) is 0 Å². The summed E-state index contributed by atoms with van der Waals surface area (Å²) < 4.78 is 5.51. The van der Waals surface area contributed by atoms with Crippen molar-refractivity contribution in [1.82, 2.24) is 4.98 Å². The van der Waals surface area contributed by atoms with E-state index in [2.05, 4.69) is 10.3 Å². The molecular formula is C13H14ClN3O. The van der Waals surface area contributed by atoms with Crippen LogP contribution in [0.5, 0.6) is 5.75 Å². The highest BCUT2D eigenvalue weighted by Crippen LogP contribution is 2.30. The van der Waals surface area contributed by atoms with Gasteiger partial charge in [0, 0.05) is 0 Å². The first-order valence-corrected chi connectivity index (χ1v) is 5.98. The van der Waals surface area contributed by atoms with E-state index in [4.69, 9.17) is 22.1 Å². The van der Waals surface area contributed by atoms with Gasteiger partial charge in [0.2, 0.25) is 0 Å². The minimum Gasteiger partial charge on any atom is -0.492 e. The zero-order valence-electron chi connectivity index (χ0n) is 9.98. The molecule has 0 aliphatic carbocycles. The highest BCUT2D eigenvalue weighted by Gasteiger charge is 2.06. The Balaban J connectivity index is 2.28. The monoisotopic (exact) mass is 263 g/mol. The maximum absolute atomic E-state index is 6.06. The van der Waals surface area contributed by atoms with E-state index in [1.165, 1.54) is 0 Å². The fourth-order valence-corrected chi connectivity index (χ4v) is 1.75. The van der Waals surface area contributed by atoms with Crippen molar-refractivity contribution in [2.45, 2.75) is 6.92 Å². The number of benzene rings is 1. The minimum atomic E-state index is 0.473. The number of pyridine rings is 1. The number of nitrogens with zero attached hydrogens (tertiary/aromatic N) is 1. The van der Waals surface area contributed by atoms with Gasteiger partial charge < -0.3 is 15.8 Å². The number of nitrogens with two attached hydrogens (primary N) is 1. The van der Waals surface area contributed by atoms with Crippen LogP contribution in [0.25, 0.3) is 0 Å². The van der Waals surface area contributed by atoms with Gasteiger partial charge in [0.15, 0.2) is 0 Å². The van der Waals surface area contributed by atoms with Gasteiger partial charge in [0.05, 0.1) is 29.2 Å². The van der Waals surface area contributed by atoms with Gasteiger partial charge in [-0.1, -0.05) is 23.7 Å². The number of nitrogen functional groups attached to an aromatic ring is 1. The van der Waals surface area contributed by atoms with Gasteiger partial charge >= 0.3 is 0 Å². The van der Waals surface area contributed by atoms with Crippen LogP contribution < -0.4 is 15.8 Å². The van der Waals surface area contributed by atoms with E-state index in [0.717, 1.165) is 11.4 Å². The van der Waals surface area contributed by atoms with Crippen LogP contribution in [0.15, 0.2) is 36.5 Å². The lowest BCUT2D eigenvalue weighted by atomic mass is 10.3. The number of halogens is 1. The normalized spacial score (nSPS) is 10.1. The lowest BCUT2D eigenvalue weighted by Crippen LogP contribution is -2.00. The standard InChI is InChI=1S/C13H14ClN3O/c1-2-18-12-6-4-3-5-11(12)17-13-10(14)7-9(15)8-16-13/h3-8H,2,15H2,1H3,(H,16,17). The summed E-state index contributed by atoms with van der Waals surface area (Å²) in [6, 6.07) is 9.26. The second-order valence-corrected chi connectivity index (χ2v) is 4.06. The fraction of sp³-hybridized carbons (Fsp3) is 0.154. The van der Waals surface area contributed by atoms with Crippen molar-refractivity contribution in [2.24, 2.45) is 0 Å². The van der Waals surface area contributed by atoms with Crippen LogP contribution in [0, 0.1) is 0 Å². The summed E-state index contributed by atoms with van der Waals surface area (Å²) in [5.41, 5.74) is 6.95. The van der Waals surface area contributed by atoms with E-state index in [-0.39, 0.29) is 0 Å². The lowest BCUT2D eigenvalue weighted by Gasteiger charge is -2.12. The minimum absolute atomic E-state index is 0.473. The molecule has 0 radical (unpaired) electrons. The van der Waals surface area contributed by atoms with Crippen molar-refractivity contribution in [1.29, 1.82) is 0 Å². The Kier molecular flexibility index (Phi) is 3.89. The molecule has 0 spiro atoms. The predicted molar refractivity (Wildman–Crippen MR) is 74.6 cm³/mol. The van der Waals surface area contributed by atoms with Crippen molar-refractivity contribution in [3.63, 3.8) is 0 Å². The van der Waals surface area contributed by atoms with Crippen LogP contribution in [-0.2, 0) is 0 Å². The average Bonchev–Trinajstić information content (AvgIpc) is 2.35. The molecule has 18 heavy (non-hydrogen) atoms. The largest absolute Gasteiger partial charge is 0.492 e. The van der Waals surface area contributed by atoms with Gasteiger partial charge in [0.25, 0.3) is 0 Å². The molecule has 4 nitrogen and oxygen atoms in total. The molecule has 1 aromatic carbocycles. The van der Waals surface area contributed by atoms with E-state index in [1.807, 2.05) is 31.2 Å². The number of hydrogen-bond acceptors (Lipinski definition) is 4. The SMILES string of the molecule is CCOc1ccccc1Nc1ncc(N)cc1Cl. The van der Waals surface area contributed by atoms with Crippen molar-refractivity contribution in [3.8, 4) is 5.75 Å². The van der Waals surface area contributed by atoms with Gasteiger partial charge in [-0.25, -0.2) is 4.98 Å². The molecule has 1 heterocycles. The van der Waals surface area contributed by atoms with Crippen LogP contribution >= 0.6 is 11.6 Å². The molecule has 0 saturated heterocycles. The van der Waals surface area contributed by atoms with Gasteiger partial charge in [-0.2, -0.15) is 0 Å². The summed E-state index contributed by atoms with van der Waals surface area (Å²) in [5, 5.41) is 3.60. The van der Waals surface area contributed by atoms with Crippen LogP contribution in [-0.4, -0.2) is 11.6 Å². The molecule has 0 saturated carbocycles. The third-order valence-electron chi connectivity index (χ3n) is 2.30. The Bertz CT molecular complexity index is 546. The van der Waals surface area contributed by atoms with Crippen LogP contribution in [0.3, 0.4) is 0 Å². The second-order valence-electron chi connectivity index (χ2n) is 3.65. The Morgan fingerprint density at radius 3 is 2.89 bits per heavy atom. The number of anilines is 3. The molecule has 94 valence electrons. The maximum atomic E-state index is 6.06. The van der Waals surface area contributed by atoms with Crippen molar-refractivity contribution in [2.75, 3.05) is 17.7 Å². The Morgan fingerprint density at radius 1 is 1.39 bits per heavy atom. The summed E-state index contributed by atoms with van der Waals surface area (Å²) in [7, 11) is 0. The third-order valence-corrected chi connectivity index (χ3v) is 2.59. The maximum Gasteiger partial charge on any atom is 0.149 e. The molecule has 2 rings (SSSR count). The lowest BCUT2D eigenvalue weighted by molar-refractivity contribution is 0.342. The molecule has 1 aromatic heterocycles. The molecule has 3 N–H and O–H groups in total. The second kappa shape index (κ2) is 5.60. The summed E-state index contributed by atoms with van der Waals surface area (Å²) in [5.74, 6) is 1.31. The third kappa shape index (κ3) is 2.84. The molecule has 0 amide bonds. The van der Waals surface area contributed by atoms with E-state index in [1.54, 1.807) is 12.3 Å². The predicted octanol–water partition coefficient (Wildman–Crippen LogP) is 3.46. The first-order valence-electron chi connectivity index (χ1n) is 5.60. The fourth-order valence-electron chi connectivity index (χ4n) is 1.52. The van der Waals surface area contributed by atoms with Gasteiger partial charge in [-0.15, -0.1) is 0 Å². The Morgan fingerprint density at radius 2 is 2.17 bits per heavy atom. The van der Waals surface area contributed by atoms with Gasteiger partial charge in [0.1, 0.15) is 11.6 Å². The number of rotatable bonds is 4. The molecule has 0 fully saturated rings. The summed E-state index contributed by atoms with van der Waals surface area (Å²) >= 11 is 6.06. The number of nitrogens with one attached hydrogen (secondary N) is 1. The first-order chi connectivity index (χ1) is 8.70. The number of ether oxygens (including phenoxy) is 1. The van der Waals surface area contributed by atoms with E-state index in [9.17, 15) is 0 Å². The molecule has 2 aromatic rings. The quantitative estimate of drug-likeness (QED) is 0.887. The average molecular weight is 264 g/mol. The smallest absolute Gasteiger partial charge is 0.149 e. The Labute approximate surface area is 111 Å².